The molecule has 2 rings (SSSR count). The van der Waals surface area contributed by atoms with Crippen molar-refractivity contribution in [2.75, 3.05) is 16.8 Å². The Hall–Kier alpha value is -2.62. The van der Waals surface area contributed by atoms with E-state index in [-0.39, 0.29) is 18.4 Å². The Kier molecular flexibility index (Phi) is 5.31. The first-order valence-electron chi connectivity index (χ1n) is 7.32. The second kappa shape index (κ2) is 7.41. The molecular weight excluding hydrogens is 276 g/mol. The molecule has 0 aromatic heterocycles. The lowest BCUT2D eigenvalue weighted by molar-refractivity contribution is -0.120. The first-order valence-corrected chi connectivity index (χ1v) is 7.32. The van der Waals surface area contributed by atoms with Crippen LogP contribution in [0.25, 0.3) is 0 Å². The minimum Gasteiger partial charge on any atom is -0.325 e. The summed E-state index contributed by atoms with van der Waals surface area (Å²) >= 11 is 0. The number of anilines is 2. The summed E-state index contributed by atoms with van der Waals surface area (Å²) in [6, 6.07) is 16.9. The van der Waals surface area contributed by atoms with Crippen LogP contribution < -0.4 is 10.2 Å². The van der Waals surface area contributed by atoms with E-state index >= 15 is 0 Å². The van der Waals surface area contributed by atoms with E-state index < -0.39 is 0 Å². The molecule has 0 aliphatic rings. The Balaban J connectivity index is 2.08. The van der Waals surface area contributed by atoms with E-state index in [9.17, 15) is 9.59 Å². The number of aryl methyl sites for hydroxylation is 1. The number of hydrogen-bond acceptors (Lipinski definition) is 2. The highest BCUT2D eigenvalue weighted by molar-refractivity contribution is 6.01. The van der Waals surface area contributed by atoms with E-state index in [2.05, 4.69) is 12.2 Å². The number of amides is 2. The summed E-state index contributed by atoms with van der Waals surface area (Å²) in [7, 11) is 0. The molecule has 4 heteroatoms. The van der Waals surface area contributed by atoms with Gasteiger partial charge in [0.05, 0.1) is 0 Å². The van der Waals surface area contributed by atoms with E-state index in [1.807, 2.05) is 54.6 Å². The minimum absolute atomic E-state index is 0.00427. The van der Waals surface area contributed by atoms with Gasteiger partial charge in [-0.05, 0) is 36.2 Å². The molecule has 0 saturated carbocycles. The Morgan fingerprint density at radius 3 is 2.18 bits per heavy atom. The van der Waals surface area contributed by atoms with Gasteiger partial charge in [0.2, 0.25) is 11.8 Å². The number of carbonyl (C=O) groups is 2. The molecule has 0 radical (unpaired) electrons. The summed E-state index contributed by atoms with van der Waals surface area (Å²) < 4.78 is 0. The number of rotatable bonds is 5. The van der Waals surface area contributed by atoms with Gasteiger partial charge in [0.1, 0.15) is 6.54 Å². The lowest BCUT2D eigenvalue weighted by Gasteiger charge is -2.21. The summed E-state index contributed by atoms with van der Waals surface area (Å²) in [6.45, 7) is 3.53. The lowest BCUT2D eigenvalue weighted by atomic mass is 10.1. The van der Waals surface area contributed by atoms with Gasteiger partial charge in [-0.3, -0.25) is 9.59 Å². The van der Waals surface area contributed by atoms with Crippen molar-refractivity contribution in [2.24, 2.45) is 0 Å². The molecule has 1 N–H and O–H groups in total. The van der Waals surface area contributed by atoms with Gasteiger partial charge in [-0.25, -0.2) is 0 Å². The maximum absolute atomic E-state index is 12.1. The number of carbonyl (C=O) groups excluding carboxylic acids is 2. The zero-order chi connectivity index (χ0) is 15.9. The van der Waals surface area contributed by atoms with E-state index in [1.54, 1.807) is 0 Å². The minimum atomic E-state index is -0.221. The van der Waals surface area contributed by atoms with Gasteiger partial charge in [-0.1, -0.05) is 37.3 Å². The van der Waals surface area contributed by atoms with Gasteiger partial charge in [-0.15, -0.1) is 0 Å². The molecule has 0 atom stereocenters. The maximum Gasteiger partial charge on any atom is 0.244 e. The maximum atomic E-state index is 12.1. The SMILES string of the molecule is CCc1ccc(N(CC(=O)Nc2ccccc2)C(C)=O)cc1. The van der Waals surface area contributed by atoms with Crippen LogP contribution in [0.4, 0.5) is 11.4 Å². The van der Waals surface area contributed by atoms with Crippen molar-refractivity contribution in [3.8, 4) is 0 Å². The van der Waals surface area contributed by atoms with Crippen LogP contribution in [-0.4, -0.2) is 18.4 Å². The molecule has 2 aromatic carbocycles. The second-order valence-corrected chi connectivity index (χ2v) is 5.04. The first kappa shape index (κ1) is 15.8. The van der Waals surface area contributed by atoms with E-state index in [4.69, 9.17) is 0 Å². The third-order valence-corrected chi connectivity index (χ3v) is 3.40. The highest BCUT2D eigenvalue weighted by Gasteiger charge is 2.15. The van der Waals surface area contributed by atoms with Crippen LogP contribution in [0.15, 0.2) is 54.6 Å². The quantitative estimate of drug-likeness (QED) is 0.921. The third kappa shape index (κ3) is 4.19. The fourth-order valence-corrected chi connectivity index (χ4v) is 2.16. The van der Waals surface area contributed by atoms with E-state index in [0.717, 1.165) is 17.8 Å². The highest BCUT2D eigenvalue weighted by atomic mass is 16.2. The van der Waals surface area contributed by atoms with Crippen LogP contribution in [0.1, 0.15) is 19.4 Å². The predicted octanol–water partition coefficient (Wildman–Crippen LogP) is 3.24. The fraction of sp³-hybridized carbons (Fsp3) is 0.222. The van der Waals surface area contributed by atoms with Crippen molar-refractivity contribution in [1.82, 2.24) is 0 Å². The highest BCUT2D eigenvalue weighted by Crippen LogP contribution is 2.16. The predicted molar refractivity (Wildman–Crippen MR) is 88.9 cm³/mol. The molecule has 0 aliphatic carbocycles. The Morgan fingerprint density at radius 2 is 1.64 bits per heavy atom. The normalized spacial score (nSPS) is 10.1. The van der Waals surface area contributed by atoms with Gasteiger partial charge >= 0.3 is 0 Å². The van der Waals surface area contributed by atoms with Gasteiger partial charge in [0.15, 0.2) is 0 Å². The monoisotopic (exact) mass is 296 g/mol. The molecule has 0 heterocycles. The van der Waals surface area contributed by atoms with Crippen molar-refractivity contribution in [3.63, 3.8) is 0 Å². The molecule has 0 fully saturated rings. The van der Waals surface area contributed by atoms with Crippen LogP contribution in [0, 0.1) is 0 Å². The Morgan fingerprint density at radius 1 is 1.00 bits per heavy atom. The van der Waals surface area contributed by atoms with Crippen LogP contribution in [-0.2, 0) is 16.0 Å². The average Bonchev–Trinajstić information content (AvgIpc) is 2.53. The van der Waals surface area contributed by atoms with Crippen molar-refractivity contribution >= 4 is 23.2 Å². The summed E-state index contributed by atoms with van der Waals surface area (Å²) in [6.07, 6.45) is 0.939. The molecular formula is C18H20N2O2. The fourth-order valence-electron chi connectivity index (χ4n) is 2.16. The average molecular weight is 296 g/mol. The zero-order valence-corrected chi connectivity index (χ0v) is 12.9. The second-order valence-electron chi connectivity index (χ2n) is 5.04. The summed E-state index contributed by atoms with van der Waals surface area (Å²) in [5.74, 6) is -0.381. The van der Waals surface area contributed by atoms with Crippen LogP contribution in [0.3, 0.4) is 0 Å². The molecule has 0 spiro atoms. The number of hydrogen-bond donors (Lipinski definition) is 1. The molecule has 0 aliphatic heterocycles. The van der Waals surface area contributed by atoms with Crippen LogP contribution in [0.2, 0.25) is 0 Å². The number of para-hydroxylation sites is 1. The molecule has 0 unspecified atom stereocenters. The van der Waals surface area contributed by atoms with Crippen molar-refractivity contribution < 1.29 is 9.59 Å². The number of benzene rings is 2. The Bertz CT molecular complexity index is 636. The Labute approximate surface area is 130 Å². The van der Waals surface area contributed by atoms with Gasteiger partial charge in [0.25, 0.3) is 0 Å². The summed E-state index contributed by atoms with van der Waals surface area (Å²) in [4.78, 5) is 25.4. The van der Waals surface area contributed by atoms with E-state index in [0.29, 0.717) is 0 Å². The van der Waals surface area contributed by atoms with Crippen molar-refractivity contribution in [1.29, 1.82) is 0 Å². The van der Waals surface area contributed by atoms with Gasteiger partial charge in [0, 0.05) is 18.3 Å². The molecule has 114 valence electrons. The summed E-state index contributed by atoms with van der Waals surface area (Å²) in [5, 5.41) is 2.79. The van der Waals surface area contributed by atoms with Crippen LogP contribution in [0.5, 0.6) is 0 Å². The zero-order valence-electron chi connectivity index (χ0n) is 12.9. The molecule has 0 saturated heterocycles. The van der Waals surface area contributed by atoms with Crippen molar-refractivity contribution in [2.45, 2.75) is 20.3 Å². The third-order valence-electron chi connectivity index (χ3n) is 3.40. The number of nitrogens with one attached hydrogen (secondary N) is 1. The van der Waals surface area contributed by atoms with Gasteiger partial charge < -0.3 is 10.2 Å². The molecule has 4 nitrogen and oxygen atoms in total. The largest absolute Gasteiger partial charge is 0.325 e. The smallest absolute Gasteiger partial charge is 0.244 e. The number of nitrogens with zero attached hydrogens (tertiary/aromatic N) is 1. The van der Waals surface area contributed by atoms with Gasteiger partial charge in [-0.2, -0.15) is 0 Å². The first-order chi connectivity index (χ1) is 10.6. The van der Waals surface area contributed by atoms with E-state index in [1.165, 1.54) is 17.4 Å². The molecule has 0 bridgehead atoms. The topological polar surface area (TPSA) is 49.4 Å². The van der Waals surface area contributed by atoms with Crippen LogP contribution >= 0.6 is 0 Å². The summed E-state index contributed by atoms with van der Waals surface area (Å²) in [5.41, 5.74) is 2.64. The standard InChI is InChI=1S/C18H20N2O2/c1-3-15-9-11-17(12-10-15)20(14(2)21)13-18(22)19-16-7-5-4-6-8-16/h4-12H,3,13H2,1-2H3,(H,19,22). The molecule has 2 aromatic rings. The van der Waals surface area contributed by atoms with Crippen molar-refractivity contribution in [3.05, 3.63) is 60.2 Å². The lowest BCUT2D eigenvalue weighted by Crippen LogP contribution is -2.36. The molecule has 2 amide bonds. The molecule has 22 heavy (non-hydrogen) atoms.